The highest BCUT2D eigenvalue weighted by molar-refractivity contribution is 5.76. The van der Waals surface area contributed by atoms with Gasteiger partial charge in [0.15, 0.2) is 0 Å². The third-order valence-corrected chi connectivity index (χ3v) is 2.04. The Morgan fingerprint density at radius 1 is 1.53 bits per heavy atom. The number of carboxylic acid groups (broad SMARTS) is 1. The largest absolute Gasteiger partial charge is 0.481 e. The molecule has 1 unspecified atom stereocenters. The SMILES string of the molecule is CNCC(C(=O)O)c1cc(F)ccc1F. The number of halogens is 2. The van der Waals surface area contributed by atoms with Gasteiger partial charge in [0.2, 0.25) is 0 Å². The molecule has 1 aromatic rings. The molecule has 82 valence electrons. The summed E-state index contributed by atoms with van der Waals surface area (Å²) in [6.45, 7) is 0.0513. The summed E-state index contributed by atoms with van der Waals surface area (Å²) in [5.41, 5.74) is -0.142. The van der Waals surface area contributed by atoms with Crippen LogP contribution in [0.5, 0.6) is 0 Å². The van der Waals surface area contributed by atoms with E-state index in [1.807, 2.05) is 0 Å². The Morgan fingerprint density at radius 2 is 2.20 bits per heavy atom. The first-order valence-electron chi connectivity index (χ1n) is 4.38. The number of carbonyl (C=O) groups is 1. The van der Waals surface area contributed by atoms with Gasteiger partial charge < -0.3 is 10.4 Å². The van der Waals surface area contributed by atoms with Gasteiger partial charge in [-0.05, 0) is 25.2 Å². The smallest absolute Gasteiger partial charge is 0.312 e. The van der Waals surface area contributed by atoms with Crippen LogP contribution in [0.15, 0.2) is 18.2 Å². The third-order valence-electron chi connectivity index (χ3n) is 2.04. The summed E-state index contributed by atoms with van der Waals surface area (Å²) < 4.78 is 26.1. The lowest BCUT2D eigenvalue weighted by molar-refractivity contribution is -0.138. The van der Waals surface area contributed by atoms with Crippen LogP contribution < -0.4 is 5.32 Å². The predicted molar refractivity (Wildman–Crippen MR) is 50.7 cm³/mol. The van der Waals surface area contributed by atoms with Gasteiger partial charge in [0.05, 0.1) is 5.92 Å². The number of likely N-dealkylation sites (N-methyl/N-ethyl adjacent to an activating group) is 1. The van der Waals surface area contributed by atoms with E-state index in [2.05, 4.69) is 5.32 Å². The quantitative estimate of drug-likeness (QED) is 0.797. The fourth-order valence-electron chi connectivity index (χ4n) is 1.32. The van der Waals surface area contributed by atoms with E-state index in [1.165, 1.54) is 0 Å². The molecule has 0 aliphatic carbocycles. The molecule has 0 fully saturated rings. The summed E-state index contributed by atoms with van der Waals surface area (Å²) in [6, 6.07) is 2.79. The Labute approximate surface area is 85.7 Å². The molecule has 0 saturated heterocycles. The van der Waals surface area contributed by atoms with Crippen molar-refractivity contribution in [2.45, 2.75) is 5.92 Å². The Bertz CT molecular complexity index is 368. The van der Waals surface area contributed by atoms with Crippen LogP contribution in [0.25, 0.3) is 0 Å². The first-order chi connectivity index (χ1) is 7.06. The summed E-state index contributed by atoms with van der Waals surface area (Å²) in [6.07, 6.45) is 0. The molecule has 0 aromatic heterocycles. The van der Waals surface area contributed by atoms with Gasteiger partial charge in [-0.1, -0.05) is 0 Å². The zero-order chi connectivity index (χ0) is 11.4. The Balaban J connectivity index is 3.09. The van der Waals surface area contributed by atoms with Gasteiger partial charge >= 0.3 is 5.97 Å². The zero-order valence-electron chi connectivity index (χ0n) is 8.13. The monoisotopic (exact) mass is 215 g/mol. The van der Waals surface area contributed by atoms with Gasteiger partial charge in [0.1, 0.15) is 11.6 Å². The van der Waals surface area contributed by atoms with Crippen molar-refractivity contribution in [2.75, 3.05) is 13.6 Å². The minimum absolute atomic E-state index is 0.0513. The maximum atomic E-state index is 13.2. The number of hydrogen-bond acceptors (Lipinski definition) is 2. The molecule has 0 bridgehead atoms. The molecule has 15 heavy (non-hydrogen) atoms. The second kappa shape index (κ2) is 4.84. The van der Waals surface area contributed by atoms with Crippen molar-refractivity contribution in [3.05, 3.63) is 35.4 Å². The number of nitrogens with one attached hydrogen (secondary N) is 1. The van der Waals surface area contributed by atoms with E-state index < -0.39 is 23.5 Å². The minimum atomic E-state index is -1.19. The van der Waals surface area contributed by atoms with Crippen molar-refractivity contribution in [1.29, 1.82) is 0 Å². The topological polar surface area (TPSA) is 49.3 Å². The van der Waals surface area contributed by atoms with Gasteiger partial charge in [0, 0.05) is 12.1 Å². The van der Waals surface area contributed by atoms with Crippen LogP contribution in [-0.4, -0.2) is 24.7 Å². The Morgan fingerprint density at radius 3 is 2.73 bits per heavy atom. The fourth-order valence-corrected chi connectivity index (χ4v) is 1.32. The van der Waals surface area contributed by atoms with E-state index in [1.54, 1.807) is 7.05 Å². The number of benzene rings is 1. The number of carboxylic acids is 1. The van der Waals surface area contributed by atoms with Crippen molar-refractivity contribution >= 4 is 5.97 Å². The Kier molecular flexibility index (Phi) is 3.74. The maximum absolute atomic E-state index is 13.2. The predicted octanol–water partition coefficient (Wildman–Crippen LogP) is 1.35. The lowest BCUT2D eigenvalue weighted by Gasteiger charge is -2.12. The van der Waals surface area contributed by atoms with Crippen LogP contribution in [-0.2, 0) is 4.79 Å². The molecular weight excluding hydrogens is 204 g/mol. The second-order valence-electron chi connectivity index (χ2n) is 3.11. The van der Waals surface area contributed by atoms with Gasteiger partial charge in [-0.15, -0.1) is 0 Å². The molecule has 0 spiro atoms. The molecule has 0 heterocycles. The van der Waals surface area contributed by atoms with E-state index in [0.717, 1.165) is 18.2 Å². The Hall–Kier alpha value is -1.49. The molecule has 0 amide bonds. The van der Waals surface area contributed by atoms with Crippen LogP contribution in [0.3, 0.4) is 0 Å². The minimum Gasteiger partial charge on any atom is -0.481 e. The molecule has 1 aromatic carbocycles. The van der Waals surface area contributed by atoms with Crippen LogP contribution in [0.2, 0.25) is 0 Å². The van der Waals surface area contributed by atoms with Crippen molar-refractivity contribution < 1.29 is 18.7 Å². The van der Waals surface area contributed by atoms with E-state index in [-0.39, 0.29) is 12.1 Å². The summed E-state index contributed by atoms with van der Waals surface area (Å²) in [7, 11) is 1.55. The molecule has 5 heteroatoms. The van der Waals surface area contributed by atoms with Gasteiger partial charge in [-0.2, -0.15) is 0 Å². The van der Waals surface area contributed by atoms with Crippen molar-refractivity contribution in [3.63, 3.8) is 0 Å². The lowest BCUT2D eigenvalue weighted by atomic mass is 9.98. The van der Waals surface area contributed by atoms with Crippen LogP contribution >= 0.6 is 0 Å². The molecule has 0 aliphatic heterocycles. The van der Waals surface area contributed by atoms with Gasteiger partial charge in [0.25, 0.3) is 0 Å². The van der Waals surface area contributed by atoms with Crippen LogP contribution in [0.4, 0.5) is 8.78 Å². The standard InChI is InChI=1S/C10H11F2NO2/c1-13-5-8(10(14)15)7-4-6(11)2-3-9(7)12/h2-4,8,13H,5H2,1H3,(H,14,15). The van der Waals surface area contributed by atoms with E-state index in [9.17, 15) is 13.6 Å². The molecule has 0 aliphatic rings. The first-order valence-corrected chi connectivity index (χ1v) is 4.38. The lowest BCUT2D eigenvalue weighted by Crippen LogP contribution is -2.25. The fraction of sp³-hybridized carbons (Fsp3) is 0.300. The van der Waals surface area contributed by atoms with E-state index in [4.69, 9.17) is 5.11 Å². The summed E-state index contributed by atoms with van der Waals surface area (Å²) in [5, 5.41) is 11.5. The molecular formula is C10H11F2NO2. The molecule has 0 radical (unpaired) electrons. The zero-order valence-corrected chi connectivity index (χ0v) is 8.13. The van der Waals surface area contributed by atoms with E-state index in [0.29, 0.717) is 0 Å². The number of aliphatic carboxylic acids is 1. The first kappa shape index (κ1) is 11.6. The molecule has 1 rings (SSSR count). The van der Waals surface area contributed by atoms with Crippen molar-refractivity contribution in [2.24, 2.45) is 0 Å². The number of hydrogen-bond donors (Lipinski definition) is 2. The summed E-state index contributed by atoms with van der Waals surface area (Å²) >= 11 is 0. The van der Waals surface area contributed by atoms with Crippen LogP contribution in [0.1, 0.15) is 11.5 Å². The summed E-state index contributed by atoms with van der Waals surface area (Å²) in [5.74, 6) is -3.62. The average molecular weight is 215 g/mol. The molecule has 2 N–H and O–H groups in total. The van der Waals surface area contributed by atoms with Gasteiger partial charge in [-0.3, -0.25) is 4.79 Å². The second-order valence-corrected chi connectivity index (χ2v) is 3.11. The third kappa shape index (κ3) is 2.73. The average Bonchev–Trinajstić information content (AvgIpc) is 2.18. The number of rotatable bonds is 4. The molecule has 1 atom stereocenters. The van der Waals surface area contributed by atoms with Crippen molar-refractivity contribution in [1.82, 2.24) is 5.32 Å². The highest BCUT2D eigenvalue weighted by Gasteiger charge is 2.22. The normalized spacial score (nSPS) is 12.5. The highest BCUT2D eigenvalue weighted by atomic mass is 19.1. The van der Waals surface area contributed by atoms with E-state index >= 15 is 0 Å². The van der Waals surface area contributed by atoms with Crippen molar-refractivity contribution in [3.8, 4) is 0 Å². The van der Waals surface area contributed by atoms with Gasteiger partial charge in [-0.25, -0.2) is 8.78 Å². The highest BCUT2D eigenvalue weighted by Crippen LogP contribution is 2.20. The summed E-state index contributed by atoms with van der Waals surface area (Å²) in [4.78, 5) is 10.8. The molecule has 3 nitrogen and oxygen atoms in total. The van der Waals surface area contributed by atoms with Crippen LogP contribution in [0, 0.1) is 11.6 Å². The molecule has 0 saturated carbocycles. The maximum Gasteiger partial charge on any atom is 0.312 e.